The second kappa shape index (κ2) is 7.62. The van der Waals surface area contributed by atoms with E-state index in [4.69, 9.17) is 0 Å². The minimum atomic E-state index is -4.35. The Kier molecular flexibility index (Phi) is 5.44. The topological polar surface area (TPSA) is 23.6 Å². The summed E-state index contributed by atoms with van der Waals surface area (Å²) < 4.78 is 38.7. The van der Waals surface area contributed by atoms with Gasteiger partial charge >= 0.3 is 6.18 Å². The standard InChI is InChI=1S/C21H23F3N2O/c1-15(2)16-6-8-17(9-7-16)20(27)26-12-10-25(11-13-26)19-5-3-4-18(14-19)21(22,23)24/h3-9,14-15H,10-13H2,1-2H3. The minimum absolute atomic E-state index is 0.0333. The van der Waals surface area contributed by atoms with E-state index in [0.717, 1.165) is 6.07 Å². The average Bonchev–Trinajstić information content (AvgIpc) is 2.67. The maximum Gasteiger partial charge on any atom is 0.416 e. The van der Waals surface area contributed by atoms with Crippen molar-refractivity contribution in [3.05, 3.63) is 65.2 Å². The second-order valence-corrected chi connectivity index (χ2v) is 7.10. The molecule has 0 radical (unpaired) electrons. The molecule has 0 aliphatic carbocycles. The summed E-state index contributed by atoms with van der Waals surface area (Å²) in [6, 6.07) is 13.0. The highest BCUT2D eigenvalue weighted by Gasteiger charge is 2.31. The summed E-state index contributed by atoms with van der Waals surface area (Å²) in [7, 11) is 0. The molecule has 1 fully saturated rings. The zero-order valence-corrected chi connectivity index (χ0v) is 15.5. The lowest BCUT2D eigenvalue weighted by Gasteiger charge is -2.36. The molecule has 0 spiro atoms. The molecular weight excluding hydrogens is 353 g/mol. The smallest absolute Gasteiger partial charge is 0.368 e. The fourth-order valence-corrected chi connectivity index (χ4v) is 3.24. The normalized spacial score (nSPS) is 15.3. The number of piperazine rings is 1. The van der Waals surface area contributed by atoms with Crippen LogP contribution in [0.4, 0.5) is 18.9 Å². The van der Waals surface area contributed by atoms with Gasteiger partial charge in [0.25, 0.3) is 5.91 Å². The van der Waals surface area contributed by atoms with Crippen molar-refractivity contribution < 1.29 is 18.0 Å². The van der Waals surface area contributed by atoms with Crippen molar-refractivity contribution in [2.24, 2.45) is 0 Å². The first kappa shape index (κ1) is 19.3. The molecule has 1 aliphatic rings. The van der Waals surface area contributed by atoms with E-state index in [1.807, 2.05) is 29.2 Å². The Bertz CT molecular complexity index is 792. The van der Waals surface area contributed by atoms with Gasteiger partial charge in [0.2, 0.25) is 0 Å². The number of carbonyl (C=O) groups excluding carboxylic acids is 1. The molecule has 3 rings (SSSR count). The molecule has 0 bridgehead atoms. The van der Waals surface area contributed by atoms with Crippen molar-refractivity contribution >= 4 is 11.6 Å². The Morgan fingerprint density at radius 2 is 1.59 bits per heavy atom. The van der Waals surface area contributed by atoms with E-state index in [-0.39, 0.29) is 5.91 Å². The number of anilines is 1. The van der Waals surface area contributed by atoms with Gasteiger partial charge in [-0.1, -0.05) is 32.0 Å². The molecule has 1 heterocycles. The molecule has 1 saturated heterocycles. The molecule has 0 aromatic heterocycles. The fraction of sp³-hybridized carbons (Fsp3) is 0.381. The van der Waals surface area contributed by atoms with Crippen molar-refractivity contribution in [2.45, 2.75) is 25.9 Å². The van der Waals surface area contributed by atoms with E-state index in [2.05, 4.69) is 13.8 Å². The van der Waals surface area contributed by atoms with Gasteiger partial charge in [-0.05, 0) is 41.8 Å². The summed E-state index contributed by atoms with van der Waals surface area (Å²) in [5.74, 6) is 0.374. The first-order chi connectivity index (χ1) is 12.8. The number of alkyl halides is 3. The highest BCUT2D eigenvalue weighted by atomic mass is 19.4. The van der Waals surface area contributed by atoms with Crippen molar-refractivity contribution in [1.82, 2.24) is 4.90 Å². The van der Waals surface area contributed by atoms with Gasteiger partial charge in [0.15, 0.2) is 0 Å². The van der Waals surface area contributed by atoms with Crippen LogP contribution < -0.4 is 4.90 Å². The van der Waals surface area contributed by atoms with Crippen LogP contribution in [0.1, 0.15) is 41.3 Å². The quantitative estimate of drug-likeness (QED) is 0.769. The van der Waals surface area contributed by atoms with Gasteiger partial charge in [-0.2, -0.15) is 13.2 Å². The van der Waals surface area contributed by atoms with E-state index >= 15 is 0 Å². The average molecular weight is 376 g/mol. The van der Waals surface area contributed by atoms with E-state index in [9.17, 15) is 18.0 Å². The molecule has 0 atom stereocenters. The molecule has 2 aromatic carbocycles. The van der Waals surface area contributed by atoms with Crippen LogP contribution in [-0.4, -0.2) is 37.0 Å². The van der Waals surface area contributed by atoms with Crippen LogP contribution >= 0.6 is 0 Å². The van der Waals surface area contributed by atoms with Gasteiger partial charge in [-0.3, -0.25) is 4.79 Å². The van der Waals surface area contributed by atoms with Crippen LogP contribution in [-0.2, 0) is 6.18 Å². The van der Waals surface area contributed by atoms with Crippen molar-refractivity contribution in [3.8, 4) is 0 Å². The van der Waals surface area contributed by atoms with E-state index < -0.39 is 11.7 Å². The predicted octanol–water partition coefficient (Wildman–Crippen LogP) is 4.79. The van der Waals surface area contributed by atoms with Gasteiger partial charge in [0.05, 0.1) is 5.56 Å². The van der Waals surface area contributed by atoms with E-state index in [0.29, 0.717) is 43.3 Å². The van der Waals surface area contributed by atoms with Gasteiger partial charge in [-0.15, -0.1) is 0 Å². The molecule has 2 aromatic rings. The van der Waals surface area contributed by atoms with Crippen LogP contribution in [0, 0.1) is 0 Å². The summed E-state index contributed by atoms with van der Waals surface area (Å²) in [5.41, 5.74) is 1.72. The Balaban J connectivity index is 1.64. The Morgan fingerprint density at radius 1 is 0.963 bits per heavy atom. The maximum absolute atomic E-state index is 12.9. The van der Waals surface area contributed by atoms with Crippen molar-refractivity contribution in [2.75, 3.05) is 31.1 Å². The fourth-order valence-electron chi connectivity index (χ4n) is 3.24. The first-order valence-corrected chi connectivity index (χ1v) is 9.07. The maximum atomic E-state index is 12.9. The van der Waals surface area contributed by atoms with Gasteiger partial charge in [-0.25, -0.2) is 0 Å². The Hall–Kier alpha value is -2.50. The van der Waals surface area contributed by atoms with Crippen molar-refractivity contribution in [1.29, 1.82) is 0 Å². The zero-order valence-electron chi connectivity index (χ0n) is 15.5. The lowest BCUT2D eigenvalue weighted by molar-refractivity contribution is -0.137. The highest BCUT2D eigenvalue weighted by molar-refractivity contribution is 5.94. The number of benzene rings is 2. The number of halogens is 3. The lowest BCUT2D eigenvalue weighted by atomic mass is 10.0. The minimum Gasteiger partial charge on any atom is -0.368 e. The molecule has 0 unspecified atom stereocenters. The molecular formula is C21H23F3N2O. The van der Waals surface area contributed by atoms with Gasteiger partial charge in [0.1, 0.15) is 0 Å². The number of carbonyl (C=O) groups is 1. The van der Waals surface area contributed by atoms with Crippen molar-refractivity contribution in [3.63, 3.8) is 0 Å². The van der Waals surface area contributed by atoms with Gasteiger partial charge in [0, 0.05) is 37.4 Å². The van der Waals surface area contributed by atoms with Gasteiger partial charge < -0.3 is 9.80 Å². The number of nitrogens with zero attached hydrogens (tertiary/aromatic N) is 2. The SMILES string of the molecule is CC(C)c1ccc(C(=O)N2CCN(c3cccc(C(F)(F)F)c3)CC2)cc1. The van der Waals surface area contributed by atoms with Crippen LogP contribution in [0.25, 0.3) is 0 Å². The largest absolute Gasteiger partial charge is 0.416 e. The third-order valence-electron chi connectivity index (χ3n) is 4.93. The highest BCUT2D eigenvalue weighted by Crippen LogP contribution is 2.32. The summed E-state index contributed by atoms with van der Waals surface area (Å²) >= 11 is 0. The van der Waals surface area contributed by atoms with Crippen LogP contribution in [0.3, 0.4) is 0 Å². The molecule has 3 nitrogen and oxygen atoms in total. The molecule has 27 heavy (non-hydrogen) atoms. The summed E-state index contributed by atoms with van der Waals surface area (Å²) in [4.78, 5) is 16.3. The lowest BCUT2D eigenvalue weighted by Crippen LogP contribution is -2.48. The third-order valence-corrected chi connectivity index (χ3v) is 4.93. The summed E-state index contributed by atoms with van der Waals surface area (Å²) in [6.45, 7) is 6.20. The number of amides is 1. The third kappa shape index (κ3) is 4.43. The number of rotatable bonds is 3. The first-order valence-electron chi connectivity index (χ1n) is 9.07. The molecule has 144 valence electrons. The molecule has 0 N–H and O–H groups in total. The van der Waals surface area contributed by atoms with E-state index in [1.54, 1.807) is 11.0 Å². The van der Waals surface area contributed by atoms with Crippen LogP contribution in [0.2, 0.25) is 0 Å². The number of hydrogen-bond donors (Lipinski definition) is 0. The summed E-state index contributed by atoms with van der Waals surface area (Å²) in [6.07, 6.45) is -4.35. The molecule has 1 amide bonds. The van der Waals surface area contributed by atoms with E-state index in [1.165, 1.54) is 17.7 Å². The second-order valence-electron chi connectivity index (χ2n) is 7.10. The zero-order chi connectivity index (χ0) is 19.6. The van der Waals surface area contributed by atoms with Crippen LogP contribution in [0.15, 0.2) is 48.5 Å². The van der Waals surface area contributed by atoms with Crippen LogP contribution in [0.5, 0.6) is 0 Å². The summed E-state index contributed by atoms with van der Waals surface area (Å²) in [5, 5.41) is 0. The Morgan fingerprint density at radius 3 is 2.15 bits per heavy atom. The Labute approximate surface area is 157 Å². The number of hydrogen-bond acceptors (Lipinski definition) is 2. The molecule has 0 saturated carbocycles. The molecule has 1 aliphatic heterocycles. The monoisotopic (exact) mass is 376 g/mol. The molecule has 6 heteroatoms. The predicted molar refractivity (Wildman–Crippen MR) is 100 cm³/mol.